The summed E-state index contributed by atoms with van der Waals surface area (Å²) in [5.74, 6) is 0.188. The summed E-state index contributed by atoms with van der Waals surface area (Å²) in [5, 5.41) is 9.88. The fraction of sp³-hybridized carbons (Fsp3) is 0.750. The first-order valence-corrected chi connectivity index (χ1v) is 5.66. The van der Waals surface area contributed by atoms with Crippen LogP contribution in [0.25, 0.3) is 0 Å². The van der Waals surface area contributed by atoms with E-state index in [0.717, 1.165) is 25.8 Å². The highest BCUT2D eigenvalue weighted by molar-refractivity contribution is 5.76. The fourth-order valence-corrected chi connectivity index (χ4v) is 1.90. The summed E-state index contributed by atoms with van der Waals surface area (Å²) in [6.45, 7) is 6.93. The first-order chi connectivity index (χ1) is 7.05. The largest absolute Gasteiger partial charge is 0.390 e. The molecule has 3 nitrogen and oxygen atoms in total. The maximum Gasteiger partial charge on any atom is 0.222 e. The van der Waals surface area contributed by atoms with Gasteiger partial charge in [-0.3, -0.25) is 4.79 Å². The lowest BCUT2D eigenvalue weighted by molar-refractivity contribution is -0.131. The Hall–Kier alpha value is -0.830. The lowest BCUT2D eigenvalue weighted by Crippen LogP contribution is -2.33. The molecule has 0 saturated carbocycles. The first-order valence-electron chi connectivity index (χ1n) is 5.66. The highest BCUT2D eigenvalue weighted by Crippen LogP contribution is 2.21. The standard InChI is InChI=1S/C12H21NO2/c1-3-4-6-11(14)13-9-5-7-12(2,15)8-10-13/h3,15H,1,4-10H2,2H3. The summed E-state index contributed by atoms with van der Waals surface area (Å²) < 4.78 is 0. The Kier molecular flexibility index (Phi) is 4.33. The van der Waals surface area contributed by atoms with Crippen LogP contribution in [0.1, 0.15) is 39.0 Å². The smallest absolute Gasteiger partial charge is 0.222 e. The van der Waals surface area contributed by atoms with Crippen LogP contribution in [0.5, 0.6) is 0 Å². The van der Waals surface area contributed by atoms with Gasteiger partial charge in [0.25, 0.3) is 0 Å². The normalized spacial score (nSPS) is 27.2. The number of allylic oxidation sites excluding steroid dienone is 1. The lowest BCUT2D eigenvalue weighted by Gasteiger charge is -2.22. The molecule has 1 saturated heterocycles. The predicted molar refractivity (Wildman–Crippen MR) is 60.5 cm³/mol. The van der Waals surface area contributed by atoms with Gasteiger partial charge in [0.05, 0.1) is 5.60 Å². The van der Waals surface area contributed by atoms with Crippen LogP contribution in [0, 0.1) is 0 Å². The van der Waals surface area contributed by atoms with Crippen LogP contribution < -0.4 is 0 Å². The number of carbonyl (C=O) groups excluding carboxylic acids is 1. The fourth-order valence-electron chi connectivity index (χ4n) is 1.90. The van der Waals surface area contributed by atoms with E-state index in [9.17, 15) is 9.90 Å². The summed E-state index contributed by atoms with van der Waals surface area (Å²) in [7, 11) is 0. The van der Waals surface area contributed by atoms with E-state index in [4.69, 9.17) is 0 Å². The summed E-state index contributed by atoms with van der Waals surface area (Å²) in [6.07, 6.45) is 5.43. The maximum atomic E-state index is 11.7. The van der Waals surface area contributed by atoms with Gasteiger partial charge in [-0.15, -0.1) is 6.58 Å². The summed E-state index contributed by atoms with van der Waals surface area (Å²) in [4.78, 5) is 13.6. The second kappa shape index (κ2) is 5.31. The molecular weight excluding hydrogens is 190 g/mol. The topological polar surface area (TPSA) is 40.5 Å². The Bertz CT molecular complexity index is 236. The van der Waals surface area contributed by atoms with Gasteiger partial charge in [-0.25, -0.2) is 0 Å². The van der Waals surface area contributed by atoms with Gasteiger partial charge in [0.2, 0.25) is 5.91 Å². The Balaban J connectivity index is 2.43. The van der Waals surface area contributed by atoms with Crippen LogP contribution in [0.3, 0.4) is 0 Å². The van der Waals surface area contributed by atoms with Crippen molar-refractivity contribution in [2.24, 2.45) is 0 Å². The Morgan fingerprint density at radius 2 is 2.27 bits per heavy atom. The van der Waals surface area contributed by atoms with Crippen LogP contribution in [-0.4, -0.2) is 34.6 Å². The third-order valence-corrected chi connectivity index (χ3v) is 2.98. The molecule has 1 atom stereocenters. The van der Waals surface area contributed by atoms with E-state index in [0.29, 0.717) is 19.4 Å². The van der Waals surface area contributed by atoms with Crippen molar-refractivity contribution in [3.8, 4) is 0 Å². The molecule has 1 amide bonds. The zero-order valence-corrected chi connectivity index (χ0v) is 9.54. The van der Waals surface area contributed by atoms with Crippen LogP contribution in [0.4, 0.5) is 0 Å². The Morgan fingerprint density at radius 1 is 1.53 bits per heavy atom. The van der Waals surface area contributed by atoms with Crippen LogP contribution in [0.2, 0.25) is 0 Å². The second-order valence-corrected chi connectivity index (χ2v) is 4.56. The second-order valence-electron chi connectivity index (χ2n) is 4.56. The van der Waals surface area contributed by atoms with Crippen LogP contribution in [0.15, 0.2) is 12.7 Å². The van der Waals surface area contributed by atoms with Crippen molar-refractivity contribution >= 4 is 5.91 Å². The number of aliphatic hydroxyl groups is 1. The van der Waals surface area contributed by atoms with Gasteiger partial charge < -0.3 is 10.0 Å². The quantitative estimate of drug-likeness (QED) is 0.722. The molecule has 1 N–H and O–H groups in total. The average Bonchev–Trinajstić information content (AvgIpc) is 2.36. The predicted octanol–water partition coefficient (Wildman–Crippen LogP) is 1.72. The van der Waals surface area contributed by atoms with Gasteiger partial charge >= 0.3 is 0 Å². The van der Waals surface area contributed by atoms with Crippen molar-refractivity contribution in [2.45, 2.75) is 44.6 Å². The average molecular weight is 211 g/mol. The van der Waals surface area contributed by atoms with Crippen molar-refractivity contribution in [3.63, 3.8) is 0 Å². The third kappa shape index (κ3) is 4.04. The van der Waals surface area contributed by atoms with E-state index in [1.54, 1.807) is 6.08 Å². The minimum Gasteiger partial charge on any atom is -0.390 e. The molecule has 0 spiro atoms. The molecule has 0 aromatic rings. The van der Waals surface area contributed by atoms with Crippen molar-refractivity contribution in [1.82, 2.24) is 4.90 Å². The number of likely N-dealkylation sites (tertiary alicyclic amines) is 1. The van der Waals surface area contributed by atoms with Gasteiger partial charge in [-0.2, -0.15) is 0 Å². The molecule has 0 bridgehead atoms. The number of nitrogens with zero attached hydrogens (tertiary/aromatic N) is 1. The van der Waals surface area contributed by atoms with E-state index in [1.807, 2.05) is 11.8 Å². The number of hydrogen-bond acceptors (Lipinski definition) is 2. The zero-order valence-electron chi connectivity index (χ0n) is 9.54. The minimum atomic E-state index is -0.590. The molecule has 1 fully saturated rings. The first kappa shape index (κ1) is 12.2. The number of hydrogen-bond donors (Lipinski definition) is 1. The van der Waals surface area contributed by atoms with E-state index in [2.05, 4.69) is 6.58 Å². The molecule has 15 heavy (non-hydrogen) atoms. The van der Waals surface area contributed by atoms with Crippen LogP contribution in [-0.2, 0) is 4.79 Å². The summed E-state index contributed by atoms with van der Waals surface area (Å²) in [6, 6.07) is 0. The van der Waals surface area contributed by atoms with Gasteiger partial charge in [0.15, 0.2) is 0 Å². The minimum absolute atomic E-state index is 0.188. The van der Waals surface area contributed by atoms with Gasteiger partial charge in [-0.1, -0.05) is 6.08 Å². The molecule has 1 heterocycles. The zero-order chi connectivity index (χ0) is 11.3. The highest BCUT2D eigenvalue weighted by atomic mass is 16.3. The van der Waals surface area contributed by atoms with Gasteiger partial charge in [0, 0.05) is 19.5 Å². The lowest BCUT2D eigenvalue weighted by atomic mass is 9.98. The molecule has 1 rings (SSSR count). The van der Waals surface area contributed by atoms with Crippen molar-refractivity contribution in [3.05, 3.63) is 12.7 Å². The third-order valence-electron chi connectivity index (χ3n) is 2.98. The SMILES string of the molecule is C=CCCC(=O)N1CCCC(C)(O)CC1. The van der Waals surface area contributed by atoms with Crippen molar-refractivity contribution in [2.75, 3.05) is 13.1 Å². The molecule has 0 aromatic carbocycles. The number of rotatable bonds is 3. The number of amides is 1. The molecule has 3 heteroatoms. The van der Waals surface area contributed by atoms with Crippen LogP contribution >= 0.6 is 0 Å². The van der Waals surface area contributed by atoms with E-state index < -0.39 is 5.60 Å². The van der Waals surface area contributed by atoms with Gasteiger partial charge in [0.1, 0.15) is 0 Å². The molecule has 1 aliphatic rings. The van der Waals surface area contributed by atoms with Gasteiger partial charge in [-0.05, 0) is 32.6 Å². The molecule has 0 aromatic heterocycles. The Morgan fingerprint density at radius 3 is 2.93 bits per heavy atom. The molecule has 1 unspecified atom stereocenters. The molecule has 86 valence electrons. The summed E-state index contributed by atoms with van der Waals surface area (Å²) >= 11 is 0. The monoisotopic (exact) mass is 211 g/mol. The van der Waals surface area contributed by atoms with Crippen molar-refractivity contribution < 1.29 is 9.90 Å². The molecule has 0 aliphatic carbocycles. The van der Waals surface area contributed by atoms with E-state index in [1.165, 1.54) is 0 Å². The molecular formula is C12H21NO2. The molecule has 0 radical (unpaired) electrons. The highest BCUT2D eigenvalue weighted by Gasteiger charge is 2.26. The maximum absolute atomic E-state index is 11.7. The molecule has 1 aliphatic heterocycles. The van der Waals surface area contributed by atoms with E-state index in [-0.39, 0.29) is 5.91 Å². The Labute approximate surface area is 91.8 Å². The van der Waals surface area contributed by atoms with E-state index >= 15 is 0 Å². The number of carbonyl (C=O) groups is 1. The summed E-state index contributed by atoms with van der Waals surface area (Å²) in [5.41, 5.74) is -0.590. The van der Waals surface area contributed by atoms with Crippen molar-refractivity contribution in [1.29, 1.82) is 0 Å².